The van der Waals surface area contributed by atoms with Crippen LogP contribution in [0.25, 0.3) is 6.08 Å². The number of halogens is 1. The number of hydrogen-bond donors (Lipinski definition) is 2. The molecule has 2 N–H and O–H groups in total. The molecule has 1 aromatic carbocycles. The Kier molecular flexibility index (Phi) is 5.73. The number of amides is 2. The minimum absolute atomic E-state index is 0.178. The molecule has 2 amide bonds. The summed E-state index contributed by atoms with van der Waals surface area (Å²) in [6.45, 7) is -0.178. The first-order valence-electron chi connectivity index (χ1n) is 5.15. The van der Waals surface area contributed by atoms with Crippen molar-refractivity contribution in [2.75, 3.05) is 13.7 Å². The van der Waals surface area contributed by atoms with E-state index in [1.807, 2.05) is 18.2 Å². The summed E-state index contributed by atoms with van der Waals surface area (Å²) in [5.41, 5.74) is 0.785. The molecule has 0 aliphatic carbocycles. The van der Waals surface area contributed by atoms with Crippen molar-refractivity contribution in [2.45, 2.75) is 0 Å². The van der Waals surface area contributed by atoms with E-state index in [0.717, 1.165) is 5.56 Å². The van der Waals surface area contributed by atoms with E-state index in [0.29, 0.717) is 5.02 Å². The molecular weight excluding hydrogens is 256 g/mol. The van der Waals surface area contributed by atoms with E-state index in [2.05, 4.69) is 15.4 Å². The number of carbonyl (C=O) groups excluding carboxylic acids is 2. The lowest BCUT2D eigenvalue weighted by Gasteiger charge is -2.02. The lowest BCUT2D eigenvalue weighted by Crippen LogP contribution is -2.36. The van der Waals surface area contributed by atoms with Crippen LogP contribution in [0.15, 0.2) is 30.5 Å². The Morgan fingerprint density at radius 2 is 2.11 bits per heavy atom. The number of esters is 1. The minimum atomic E-state index is -0.514. The molecule has 0 aromatic heterocycles. The van der Waals surface area contributed by atoms with Crippen LogP contribution in [0.4, 0.5) is 4.79 Å². The van der Waals surface area contributed by atoms with Gasteiger partial charge in [-0.05, 0) is 17.7 Å². The molecule has 0 aliphatic heterocycles. The van der Waals surface area contributed by atoms with Crippen LogP contribution >= 0.6 is 11.6 Å². The Morgan fingerprint density at radius 1 is 1.39 bits per heavy atom. The molecular formula is C12H13ClN2O3. The zero-order valence-corrected chi connectivity index (χ0v) is 10.5. The summed E-state index contributed by atoms with van der Waals surface area (Å²) < 4.78 is 4.37. The van der Waals surface area contributed by atoms with Crippen molar-refractivity contribution >= 4 is 29.7 Å². The topological polar surface area (TPSA) is 67.4 Å². The molecule has 0 spiro atoms. The number of methoxy groups -OCH3 is 1. The van der Waals surface area contributed by atoms with Gasteiger partial charge in [-0.3, -0.25) is 4.79 Å². The van der Waals surface area contributed by atoms with Crippen molar-refractivity contribution in [1.29, 1.82) is 0 Å². The van der Waals surface area contributed by atoms with Crippen LogP contribution in [0.3, 0.4) is 0 Å². The number of benzene rings is 1. The highest BCUT2D eigenvalue weighted by Crippen LogP contribution is 2.15. The third-order valence-corrected chi connectivity index (χ3v) is 2.35. The minimum Gasteiger partial charge on any atom is -0.468 e. The molecule has 0 saturated carbocycles. The molecule has 0 aliphatic rings. The standard InChI is InChI=1S/C12H13ClN2O3/c1-18-11(16)8-15-12(17)14-7-6-9-4-2-3-5-10(9)13/h2-7H,8H2,1H3,(H2,14,15,17)/b7-6+. The third-order valence-electron chi connectivity index (χ3n) is 2.00. The Bertz CT molecular complexity index is 460. The fourth-order valence-electron chi connectivity index (χ4n) is 1.09. The van der Waals surface area contributed by atoms with Gasteiger partial charge in [0, 0.05) is 11.2 Å². The second kappa shape index (κ2) is 7.34. The molecule has 1 rings (SSSR count). The van der Waals surface area contributed by atoms with E-state index in [-0.39, 0.29) is 6.54 Å². The number of ether oxygens (including phenoxy) is 1. The Balaban J connectivity index is 2.39. The Labute approximate surface area is 110 Å². The molecule has 5 nitrogen and oxygen atoms in total. The highest BCUT2D eigenvalue weighted by molar-refractivity contribution is 6.32. The number of carbonyl (C=O) groups is 2. The summed E-state index contributed by atoms with van der Waals surface area (Å²) in [5.74, 6) is -0.514. The van der Waals surface area contributed by atoms with Gasteiger partial charge < -0.3 is 15.4 Å². The number of nitrogens with one attached hydrogen (secondary N) is 2. The maximum absolute atomic E-state index is 11.2. The predicted molar refractivity (Wildman–Crippen MR) is 69.0 cm³/mol. The van der Waals surface area contributed by atoms with Crippen LogP contribution in [-0.2, 0) is 9.53 Å². The molecule has 1 aromatic rings. The smallest absolute Gasteiger partial charge is 0.325 e. The van der Waals surface area contributed by atoms with Crippen LogP contribution in [-0.4, -0.2) is 25.7 Å². The van der Waals surface area contributed by atoms with E-state index >= 15 is 0 Å². The SMILES string of the molecule is COC(=O)CNC(=O)N/C=C/c1ccccc1Cl. The van der Waals surface area contributed by atoms with E-state index in [9.17, 15) is 9.59 Å². The Morgan fingerprint density at radius 3 is 2.78 bits per heavy atom. The first kappa shape index (κ1) is 14.1. The van der Waals surface area contributed by atoms with Gasteiger partial charge in [-0.2, -0.15) is 0 Å². The van der Waals surface area contributed by atoms with E-state index in [4.69, 9.17) is 11.6 Å². The zero-order chi connectivity index (χ0) is 13.4. The van der Waals surface area contributed by atoms with Gasteiger partial charge >= 0.3 is 12.0 Å². The van der Waals surface area contributed by atoms with Gasteiger partial charge in [0.1, 0.15) is 6.54 Å². The molecule has 0 radical (unpaired) electrons. The average molecular weight is 269 g/mol. The Hall–Kier alpha value is -2.01. The molecule has 0 saturated heterocycles. The summed E-state index contributed by atoms with van der Waals surface area (Å²) in [7, 11) is 1.25. The van der Waals surface area contributed by atoms with Crippen LogP contribution in [0, 0.1) is 0 Å². The first-order valence-corrected chi connectivity index (χ1v) is 5.53. The zero-order valence-electron chi connectivity index (χ0n) is 9.77. The van der Waals surface area contributed by atoms with Gasteiger partial charge in [0.15, 0.2) is 0 Å². The van der Waals surface area contributed by atoms with Crippen LogP contribution < -0.4 is 10.6 Å². The predicted octanol–water partition coefficient (Wildman–Crippen LogP) is 1.78. The fourth-order valence-corrected chi connectivity index (χ4v) is 1.29. The molecule has 18 heavy (non-hydrogen) atoms. The van der Waals surface area contributed by atoms with Crippen molar-refractivity contribution in [3.05, 3.63) is 41.1 Å². The molecule has 0 bridgehead atoms. The van der Waals surface area contributed by atoms with Gasteiger partial charge in [0.25, 0.3) is 0 Å². The number of hydrogen-bond acceptors (Lipinski definition) is 3. The van der Waals surface area contributed by atoms with E-state index in [1.54, 1.807) is 12.1 Å². The van der Waals surface area contributed by atoms with Crippen LogP contribution in [0.5, 0.6) is 0 Å². The normalized spacial score (nSPS) is 10.1. The van der Waals surface area contributed by atoms with Crippen molar-refractivity contribution in [2.24, 2.45) is 0 Å². The highest BCUT2D eigenvalue weighted by Gasteiger charge is 2.02. The molecule has 0 fully saturated rings. The van der Waals surface area contributed by atoms with E-state index < -0.39 is 12.0 Å². The summed E-state index contributed by atoms with van der Waals surface area (Å²) >= 11 is 5.92. The molecule has 6 heteroatoms. The van der Waals surface area contributed by atoms with Crippen molar-refractivity contribution < 1.29 is 14.3 Å². The van der Waals surface area contributed by atoms with Gasteiger partial charge in [-0.15, -0.1) is 0 Å². The molecule has 0 heterocycles. The van der Waals surface area contributed by atoms with Crippen molar-refractivity contribution in [1.82, 2.24) is 10.6 Å². The maximum Gasteiger partial charge on any atom is 0.325 e. The molecule has 96 valence electrons. The summed E-state index contributed by atoms with van der Waals surface area (Å²) in [4.78, 5) is 22.0. The number of rotatable bonds is 4. The maximum atomic E-state index is 11.2. The molecule has 0 atom stereocenters. The number of urea groups is 1. The highest BCUT2D eigenvalue weighted by atomic mass is 35.5. The van der Waals surface area contributed by atoms with Gasteiger partial charge in [0.2, 0.25) is 0 Å². The second-order valence-corrected chi connectivity index (χ2v) is 3.67. The molecule has 0 unspecified atom stereocenters. The summed E-state index contributed by atoms with van der Waals surface area (Å²) in [5, 5.41) is 5.35. The van der Waals surface area contributed by atoms with E-state index in [1.165, 1.54) is 13.3 Å². The fraction of sp³-hybridized carbons (Fsp3) is 0.167. The van der Waals surface area contributed by atoms with Crippen molar-refractivity contribution in [3.8, 4) is 0 Å². The summed E-state index contributed by atoms with van der Waals surface area (Å²) in [6.07, 6.45) is 3.09. The van der Waals surface area contributed by atoms with Gasteiger partial charge in [-0.25, -0.2) is 4.79 Å². The monoisotopic (exact) mass is 268 g/mol. The lowest BCUT2D eigenvalue weighted by atomic mass is 10.2. The third kappa shape index (κ3) is 4.88. The largest absolute Gasteiger partial charge is 0.468 e. The summed E-state index contributed by atoms with van der Waals surface area (Å²) in [6, 6.07) is 6.72. The van der Waals surface area contributed by atoms with Crippen LogP contribution in [0.1, 0.15) is 5.56 Å². The lowest BCUT2D eigenvalue weighted by molar-refractivity contribution is -0.139. The van der Waals surface area contributed by atoms with Gasteiger partial charge in [0.05, 0.1) is 7.11 Å². The quantitative estimate of drug-likeness (QED) is 0.818. The van der Waals surface area contributed by atoms with Crippen molar-refractivity contribution in [3.63, 3.8) is 0 Å². The van der Waals surface area contributed by atoms with Crippen LogP contribution in [0.2, 0.25) is 5.02 Å². The average Bonchev–Trinajstić information content (AvgIpc) is 2.38. The second-order valence-electron chi connectivity index (χ2n) is 3.26. The first-order chi connectivity index (χ1) is 8.63. The van der Waals surface area contributed by atoms with Gasteiger partial charge in [-0.1, -0.05) is 29.8 Å².